The highest BCUT2D eigenvalue weighted by atomic mass is 35.5. The van der Waals surface area contributed by atoms with Crippen LogP contribution in [0.15, 0.2) is 18.2 Å². The van der Waals surface area contributed by atoms with Crippen molar-refractivity contribution in [2.75, 3.05) is 11.4 Å². The van der Waals surface area contributed by atoms with Gasteiger partial charge in [-0.15, -0.1) is 0 Å². The summed E-state index contributed by atoms with van der Waals surface area (Å²) in [7, 11) is 0. The van der Waals surface area contributed by atoms with Crippen molar-refractivity contribution >= 4 is 29.1 Å². The Bertz CT molecular complexity index is 591. The highest BCUT2D eigenvalue weighted by Crippen LogP contribution is 2.34. The summed E-state index contributed by atoms with van der Waals surface area (Å²) in [5.74, 6) is -0.355. The minimum Gasteiger partial charge on any atom is -0.354 e. The third kappa shape index (κ3) is 3.85. The lowest BCUT2D eigenvalue weighted by molar-refractivity contribution is -0.126. The number of amides is 2. The molecule has 0 radical (unpaired) electrons. The molecule has 2 rings (SSSR count). The van der Waals surface area contributed by atoms with Crippen molar-refractivity contribution in [1.82, 2.24) is 5.32 Å². The van der Waals surface area contributed by atoms with E-state index in [9.17, 15) is 9.59 Å². The summed E-state index contributed by atoms with van der Waals surface area (Å²) in [6.45, 7) is 4.54. The van der Waals surface area contributed by atoms with Gasteiger partial charge in [0.15, 0.2) is 0 Å². The molecular formula is C17H24ClN3O2. The molecule has 0 bridgehead atoms. The topological polar surface area (TPSA) is 75.4 Å². The number of benzene rings is 1. The predicted molar refractivity (Wildman–Crippen MR) is 92.6 cm³/mol. The van der Waals surface area contributed by atoms with Crippen LogP contribution in [0.2, 0.25) is 5.02 Å². The molecule has 1 aromatic carbocycles. The quantitative estimate of drug-likeness (QED) is 0.782. The van der Waals surface area contributed by atoms with Gasteiger partial charge in [-0.3, -0.25) is 14.5 Å². The van der Waals surface area contributed by atoms with E-state index >= 15 is 0 Å². The molecule has 0 saturated carbocycles. The van der Waals surface area contributed by atoms with Gasteiger partial charge in [-0.25, -0.2) is 0 Å². The van der Waals surface area contributed by atoms with Crippen LogP contribution >= 0.6 is 11.6 Å². The molecule has 2 amide bonds. The molecule has 0 unspecified atom stereocenters. The number of hydrogen-bond acceptors (Lipinski definition) is 3. The van der Waals surface area contributed by atoms with Gasteiger partial charge in [0.1, 0.15) is 6.04 Å². The van der Waals surface area contributed by atoms with Crippen LogP contribution in [0.3, 0.4) is 0 Å². The number of halogens is 1. The second-order valence-electron chi connectivity index (χ2n) is 5.86. The van der Waals surface area contributed by atoms with E-state index in [0.717, 1.165) is 24.1 Å². The SMILES string of the molecule is CCCCNC(=O)[C@@H]1Cc2cc(Cl)ccc2N1C(=O)[C@@H](N)CC. The monoisotopic (exact) mass is 337 g/mol. The third-order valence-electron chi connectivity index (χ3n) is 4.15. The summed E-state index contributed by atoms with van der Waals surface area (Å²) < 4.78 is 0. The van der Waals surface area contributed by atoms with Crippen LogP contribution in [-0.2, 0) is 16.0 Å². The fourth-order valence-electron chi connectivity index (χ4n) is 2.76. The summed E-state index contributed by atoms with van der Waals surface area (Å²) in [6.07, 6.45) is 2.92. The van der Waals surface area contributed by atoms with Gasteiger partial charge in [0.2, 0.25) is 11.8 Å². The maximum absolute atomic E-state index is 12.7. The van der Waals surface area contributed by atoms with E-state index < -0.39 is 12.1 Å². The van der Waals surface area contributed by atoms with E-state index in [1.165, 1.54) is 0 Å². The lowest BCUT2D eigenvalue weighted by Gasteiger charge is -2.27. The molecule has 5 nitrogen and oxygen atoms in total. The van der Waals surface area contributed by atoms with Gasteiger partial charge in [-0.1, -0.05) is 31.9 Å². The zero-order chi connectivity index (χ0) is 17.0. The fourth-order valence-corrected chi connectivity index (χ4v) is 2.96. The number of anilines is 1. The average Bonchev–Trinajstić information content (AvgIpc) is 2.91. The van der Waals surface area contributed by atoms with Crippen molar-refractivity contribution in [3.05, 3.63) is 28.8 Å². The molecule has 0 fully saturated rings. The smallest absolute Gasteiger partial charge is 0.244 e. The minimum absolute atomic E-state index is 0.137. The normalized spacial score (nSPS) is 17.7. The number of unbranched alkanes of at least 4 members (excludes halogenated alkanes) is 1. The van der Waals surface area contributed by atoms with E-state index in [1.54, 1.807) is 17.0 Å². The van der Waals surface area contributed by atoms with Gasteiger partial charge in [-0.05, 0) is 36.6 Å². The van der Waals surface area contributed by atoms with Crippen LogP contribution < -0.4 is 16.0 Å². The highest BCUT2D eigenvalue weighted by Gasteiger charge is 2.39. The van der Waals surface area contributed by atoms with Gasteiger partial charge in [0, 0.05) is 23.7 Å². The molecule has 23 heavy (non-hydrogen) atoms. The van der Waals surface area contributed by atoms with Gasteiger partial charge >= 0.3 is 0 Å². The zero-order valence-electron chi connectivity index (χ0n) is 13.6. The van der Waals surface area contributed by atoms with Crippen LogP contribution in [0.25, 0.3) is 0 Å². The Balaban J connectivity index is 2.27. The number of nitrogens with two attached hydrogens (primary N) is 1. The Kier molecular flexibility index (Phi) is 6.02. The number of fused-ring (bicyclic) bond motifs is 1. The molecule has 0 aliphatic carbocycles. The first-order valence-corrected chi connectivity index (χ1v) is 8.52. The number of carbonyl (C=O) groups is 2. The van der Waals surface area contributed by atoms with Crippen LogP contribution in [0.5, 0.6) is 0 Å². The van der Waals surface area contributed by atoms with Crippen molar-refractivity contribution in [1.29, 1.82) is 0 Å². The van der Waals surface area contributed by atoms with Crippen molar-refractivity contribution in [3.8, 4) is 0 Å². The molecule has 1 aliphatic heterocycles. The standard InChI is InChI=1S/C17H24ClN3O2/c1-3-5-8-20-16(22)15-10-11-9-12(18)6-7-14(11)21(15)17(23)13(19)4-2/h6-7,9,13,15H,3-5,8,10,19H2,1-2H3,(H,20,22)/t13-,15-/m0/s1. The Morgan fingerprint density at radius 3 is 2.83 bits per heavy atom. The predicted octanol–water partition coefficient (Wildman–Crippen LogP) is 2.25. The molecule has 3 N–H and O–H groups in total. The first-order valence-electron chi connectivity index (χ1n) is 8.14. The van der Waals surface area contributed by atoms with Crippen LogP contribution in [0, 0.1) is 0 Å². The molecule has 0 aromatic heterocycles. The van der Waals surface area contributed by atoms with Crippen LogP contribution in [0.1, 0.15) is 38.7 Å². The summed E-state index contributed by atoms with van der Waals surface area (Å²) in [5, 5.41) is 3.51. The van der Waals surface area contributed by atoms with Crippen molar-refractivity contribution in [2.24, 2.45) is 5.73 Å². The second-order valence-corrected chi connectivity index (χ2v) is 6.30. The number of rotatable bonds is 6. The minimum atomic E-state index is -0.609. The van der Waals surface area contributed by atoms with E-state index in [-0.39, 0.29) is 11.8 Å². The molecule has 2 atom stereocenters. The highest BCUT2D eigenvalue weighted by molar-refractivity contribution is 6.30. The van der Waals surface area contributed by atoms with E-state index in [0.29, 0.717) is 24.4 Å². The number of nitrogens with one attached hydrogen (secondary N) is 1. The fraction of sp³-hybridized carbons (Fsp3) is 0.529. The summed E-state index contributed by atoms with van der Waals surface area (Å²) in [6, 6.07) is 4.17. The van der Waals surface area contributed by atoms with E-state index in [1.807, 2.05) is 13.0 Å². The van der Waals surface area contributed by atoms with E-state index in [4.69, 9.17) is 17.3 Å². The zero-order valence-corrected chi connectivity index (χ0v) is 14.4. The second kappa shape index (κ2) is 7.79. The largest absolute Gasteiger partial charge is 0.354 e. The average molecular weight is 338 g/mol. The number of nitrogens with zero attached hydrogens (tertiary/aromatic N) is 1. The summed E-state index contributed by atoms with van der Waals surface area (Å²) >= 11 is 6.04. The third-order valence-corrected chi connectivity index (χ3v) is 4.39. The summed E-state index contributed by atoms with van der Waals surface area (Å²) in [4.78, 5) is 26.7. The maximum atomic E-state index is 12.7. The molecule has 1 aromatic rings. The van der Waals surface area contributed by atoms with Crippen molar-refractivity contribution < 1.29 is 9.59 Å². The first kappa shape index (κ1) is 17.8. The van der Waals surface area contributed by atoms with Gasteiger partial charge in [0.05, 0.1) is 6.04 Å². The van der Waals surface area contributed by atoms with Crippen molar-refractivity contribution in [2.45, 2.75) is 51.6 Å². The number of carbonyl (C=O) groups excluding carboxylic acids is 2. The Morgan fingerprint density at radius 1 is 1.43 bits per heavy atom. The van der Waals surface area contributed by atoms with Gasteiger partial charge < -0.3 is 11.1 Å². The molecule has 6 heteroatoms. The lowest BCUT2D eigenvalue weighted by Crippen LogP contribution is -2.53. The number of hydrogen-bond donors (Lipinski definition) is 2. The summed E-state index contributed by atoms with van der Waals surface area (Å²) in [5.41, 5.74) is 7.56. The van der Waals surface area contributed by atoms with Crippen LogP contribution in [-0.4, -0.2) is 30.4 Å². The Morgan fingerprint density at radius 2 is 2.17 bits per heavy atom. The Hall–Kier alpha value is -1.59. The Labute approximate surface area is 142 Å². The molecular weight excluding hydrogens is 314 g/mol. The molecule has 0 saturated heterocycles. The van der Waals surface area contributed by atoms with E-state index in [2.05, 4.69) is 12.2 Å². The molecule has 0 spiro atoms. The lowest BCUT2D eigenvalue weighted by atomic mass is 10.1. The molecule has 126 valence electrons. The molecule has 1 heterocycles. The van der Waals surface area contributed by atoms with Crippen molar-refractivity contribution in [3.63, 3.8) is 0 Å². The maximum Gasteiger partial charge on any atom is 0.244 e. The molecule has 1 aliphatic rings. The van der Waals surface area contributed by atoms with Gasteiger partial charge in [0.25, 0.3) is 0 Å². The van der Waals surface area contributed by atoms with Crippen LogP contribution in [0.4, 0.5) is 5.69 Å². The van der Waals surface area contributed by atoms with Gasteiger partial charge in [-0.2, -0.15) is 0 Å². The first-order chi connectivity index (χ1) is 11.0.